The summed E-state index contributed by atoms with van der Waals surface area (Å²) in [7, 11) is 0. The first kappa shape index (κ1) is 13.1. The van der Waals surface area contributed by atoms with Gasteiger partial charge < -0.3 is 14.5 Å². The number of amides is 1. The first-order valence-electron chi connectivity index (χ1n) is 6.55. The lowest BCUT2D eigenvalue weighted by Crippen LogP contribution is -2.43. The normalized spacial score (nSPS) is 26.1. The van der Waals surface area contributed by atoms with Crippen LogP contribution in [-0.4, -0.2) is 53.1 Å². The van der Waals surface area contributed by atoms with Crippen LogP contribution in [0.3, 0.4) is 0 Å². The maximum Gasteiger partial charge on any atom is 0.416 e. The lowest BCUT2D eigenvalue weighted by atomic mass is 10.1. The van der Waals surface area contributed by atoms with E-state index in [4.69, 9.17) is 4.74 Å². The van der Waals surface area contributed by atoms with E-state index >= 15 is 0 Å². The zero-order chi connectivity index (χ0) is 13.2. The summed E-state index contributed by atoms with van der Waals surface area (Å²) in [5.74, 6) is 0.379. The van der Waals surface area contributed by atoms with Gasteiger partial charge in [0.15, 0.2) is 0 Å². The number of piperidine rings is 1. The summed E-state index contributed by atoms with van der Waals surface area (Å²) in [5.41, 5.74) is 0. The number of carbonyl (C=O) groups excluding carboxylic acids is 1. The van der Waals surface area contributed by atoms with E-state index in [-0.39, 0.29) is 6.09 Å². The van der Waals surface area contributed by atoms with E-state index in [1.807, 2.05) is 11.0 Å². The number of ether oxygens (including phenoxy) is 1. The number of rotatable bonds is 1. The number of hydrogen-bond acceptors (Lipinski definition) is 4. The molecule has 4 heterocycles. The molecule has 0 radical (unpaired) electrons. The summed E-state index contributed by atoms with van der Waals surface area (Å²) >= 11 is 2.17. The van der Waals surface area contributed by atoms with Gasteiger partial charge in [-0.15, -0.1) is 0 Å². The molecule has 0 atom stereocenters. The summed E-state index contributed by atoms with van der Waals surface area (Å²) in [6.07, 6.45) is 3.54. The smallest absolute Gasteiger partial charge is 0.391 e. The molecular weight excluding hydrogens is 357 g/mol. The van der Waals surface area contributed by atoms with Gasteiger partial charge in [-0.25, -0.2) is 9.78 Å². The van der Waals surface area contributed by atoms with Crippen molar-refractivity contribution in [3.63, 3.8) is 0 Å². The Kier molecular flexibility index (Phi) is 3.88. The standard InChI is InChI=1S/C13H16IN3O2/c14-10-1-2-12(15-9-10)19-13(18)17-8-7-16-5-3-11(17)4-6-16/h1-2,9,11H,3-8H2. The van der Waals surface area contributed by atoms with Crippen molar-refractivity contribution in [3.8, 4) is 5.88 Å². The topological polar surface area (TPSA) is 45.7 Å². The largest absolute Gasteiger partial charge is 0.416 e. The Morgan fingerprint density at radius 3 is 2.74 bits per heavy atom. The molecule has 4 rings (SSSR count). The predicted octanol–water partition coefficient (Wildman–Crippen LogP) is 1.96. The third kappa shape index (κ3) is 3.00. The molecule has 3 aliphatic heterocycles. The molecule has 0 aliphatic carbocycles. The lowest BCUT2D eigenvalue weighted by molar-refractivity contribution is 0.129. The van der Waals surface area contributed by atoms with E-state index in [1.165, 1.54) is 0 Å². The van der Waals surface area contributed by atoms with Crippen molar-refractivity contribution in [1.82, 2.24) is 14.8 Å². The Labute approximate surface area is 126 Å². The van der Waals surface area contributed by atoms with Crippen LogP contribution in [0, 0.1) is 3.57 Å². The molecule has 3 saturated heterocycles. The molecule has 19 heavy (non-hydrogen) atoms. The molecule has 1 aromatic rings. The van der Waals surface area contributed by atoms with Gasteiger partial charge in [-0.2, -0.15) is 0 Å². The molecule has 1 aromatic heterocycles. The van der Waals surface area contributed by atoms with Crippen LogP contribution in [0.15, 0.2) is 18.3 Å². The number of carbonyl (C=O) groups is 1. The van der Waals surface area contributed by atoms with Gasteiger partial charge in [0, 0.05) is 48.1 Å². The fraction of sp³-hybridized carbons (Fsp3) is 0.538. The first-order valence-corrected chi connectivity index (χ1v) is 7.62. The summed E-state index contributed by atoms with van der Waals surface area (Å²) in [6.45, 7) is 3.89. The minimum Gasteiger partial charge on any atom is -0.391 e. The molecule has 0 saturated carbocycles. The Morgan fingerprint density at radius 2 is 2.05 bits per heavy atom. The number of halogens is 1. The van der Waals surface area contributed by atoms with E-state index < -0.39 is 0 Å². The van der Waals surface area contributed by atoms with Gasteiger partial charge in [0.25, 0.3) is 0 Å². The van der Waals surface area contributed by atoms with Crippen LogP contribution in [0.4, 0.5) is 4.79 Å². The molecule has 0 spiro atoms. The first-order chi connectivity index (χ1) is 9.22. The minimum atomic E-state index is -0.262. The molecule has 0 unspecified atom stereocenters. The second-order valence-electron chi connectivity index (χ2n) is 4.95. The van der Waals surface area contributed by atoms with Crippen molar-refractivity contribution in [2.45, 2.75) is 18.9 Å². The van der Waals surface area contributed by atoms with Crippen LogP contribution >= 0.6 is 22.6 Å². The third-order valence-corrected chi connectivity index (χ3v) is 4.42. The number of pyridine rings is 1. The fourth-order valence-corrected chi connectivity index (χ4v) is 3.02. The second-order valence-corrected chi connectivity index (χ2v) is 6.19. The van der Waals surface area contributed by atoms with Crippen molar-refractivity contribution < 1.29 is 9.53 Å². The predicted molar refractivity (Wildman–Crippen MR) is 79.1 cm³/mol. The maximum absolute atomic E-state index is 12.2. The maximum atomic E-state index is 12.2. The van der Waals surface area contributed by atoms with Gasteiger partial charge in [0.2, 0.25) is 5.88 Å². The molecule has 0 N–H and O–H groups in total. The molecule has 102 valence electrons. The quantitative estimate of drug-likeness (QED) is 0.707. The van der Waals surface area contributed by atoms with Gasteiger partial charge in [0.05, 0.1) is 0 Å². The van der Waals surface area contributed by atoms with Gasteiger partial charge >= 0.3 is 6.09 Å². The van der Waals surface area contributed by atoms with Crippen LogP contribution in [0.1, 0.15) is 12.8 Å². The second kappa shape index (κ2) is 5.62. The molecule has 6 heteroatoms. The zero-order valence-electron chi connectivity index (χ0n) is 10.6. The van der Waals surface area contributed by atoms with Crippen LogP contribution in [-0.2, 0) is 0 Å². The van der Waals surface area contributed by atoms with Crippen molar-refractivity contribution in [1.29, 1.82) is 0 Å². The average molecular weight is 373 g/mol. The van der Waals surface area contributed by atoms with Crippen LogP contribution < -0.4 is 4.74 Å². The van der Waals surface area contributed by atoms with E-state index in [1.54, 1.807) is 12.3 Å². The third-order valence-electron chi connectivity index (χ3n) is 3.78. The highest BCUT2D eigenvalue weighted by Crippen LogP contribution is 2.22. The summed E-state index contributed by atoms with van der Waals surface area (Å²) in [6, 6.07) is 3.95. The van der Waals surface area contributed by atoms with Gasteiger partial charge in [-0.05, 0) is 41.5 Å². The zero-order valence-corrected chi connectivity index (χ0v) is 12.7. The highest BCUT2D eigenvalue weighted by atomic mass is 127. The van der Waals surface area contributed by atoms with Crippen LogP contribution in [0.25, 0.3) is 0 Å². The van der Waals surface area contributed by atoms with Crippen molar-refractivity contribution in [2.24, 2.45) is 0 Å². The molecule has 3 aliphatic rings. The monoisotopic (exact) mass is 373 g/mol. The van der Waals surface area contributed by atoms with E-state index in [0.717, 1.165) is 42.6 Å². The molecule has 5 nitrogen and oxygen atoms in total. The van der Waals surface area contributed by atoms with Crippen LogP contribution in [0.5, 0.6) is 5.88 Å². The number of aromatic nitrogens is 1. The van der Waals surface area contributed by atoms with Crippen molar-refractivity contribution in [2.75, 3.05) is 26.2 Å². The lowest BCUT2D eigenvalue weighted by Gasteiger charge is -2.30. The highest BCUT2D eigenvalue weighted by molar-refractivity contribution is 14.1. The number of hydrogen-bond donors (Lipinski definition) is 0. The van der Waals surface area contributed by atoms with Gasteiger partial charge in [0.1, 0.15) is 0 Å². The summed E-state index contributed by atoms with van der Waals surface area (Å²) in [5, 5.41) is 0. The average Bonchev–Trinajstić information content (AvgIpc) is 2.75. The summed E-state index contributed by atoms with van der Waals surface area (Å²) in [4.78, 5) is 20.6. The van der Waals surface area contributed by atoms with Crippen LogP contribution in [0.2, 0.25) is 0 Å². The molecule has 1 amide bonds. The van der Waals surface area contributed by atoms with Gasteiger partial charge in [-0.3, -0.25) is 0 Å². The van der Waals surface area contributed by atoms with Crippen molar-refractivity contribution in [3.05, 3.63) is 21.9 Å². The van der Waals surface area contributed by atoms with E-state index in [9.17, 15) is 4.79 Å². The number of fused-ring (bicyclic) bond motifs is 4. The minimum absolute atomic E-state index is 0.262. The Hall–Kier alpha value is -0.890. The molecule has 0 aromatic carbocycles. The Bertz CT molecular complexity index is 457. The SMILES string of the molecule is O=C(Oc1ccc(I)cn1)N1CCN2CCC1CC2. The van der Waals surface area contributed by atoms with E-state index in [0.29, 0.717) is 11.9 Å². The molecule has 2 bridgehead atoms. The Morgan fingerprint density at radius 1 is 1.26 bits per heavy atom. The van der Waals surface area contributed by atoms with Gasteiger partial charge in [-0.1, -0.05) is 0 Å². The Balaban J connectivity index is 1.68. The van der Waals surface area contributed by atoms with E-state index in [2.05, 4.69) is 32.5 Å². The fourth-order valence-electron chi connectivity index (χ4n) is 2.70. The highest BCUT2D eigenvalue weighted by Gasteiger charge is 2.32. The number of nitrogens with zero attached hydrogens (tertiary/aromatic N) is 3. The molecular formula is C13H16IN3O2. The summed E-state index contributed by atoms with van der Waals surface area (Å²) < 4.78 is 6.40. The molecule has 3 fully saturated rings. The van der Waals surface area contributed by atoms with Crippen molar-refractivity contribution >= 4 is 28.7 Å².